The molecule has 0 aromatic rings. The summed E-state index contributed by atoms with van der Waals surface area (Å²) in [6.45, 7) is 5.76. The number of hydrogen-bond acceptors (Lipinski definition) is 1. The fourth-order valence-electron chi connectivity index (χ4n) is 3.56. The zero-order chi connectivity index (χ0) is 12.8. The first kappa shape index (κ1) is 13.7. The van der Waals surface area contributed by atoms with Gasteiger partial charge in [-0.3, -0.25) is 4.99 Å². The molecule has 2 aliphatic rings. The van der Waals surface area contributed by atoms with Crippen LogP contribution in [-0.2, 0) is 0 Å². The van der Waals surface area contributed by atoms with Gasteiger partial charge in [0.05, 0.1) is 0 Å². The molecule has 18 heavy (non-hydrogen) atoms. The van der Waals surface area contributed by atoms with Gasteiger partial charge in [0.1, 0.15) is 0 Å². The van der Waals surface area contributed by atoms with Gasteiger partial charge in [-0.2, -0.15) is 0 Å². The van der Waals surface area contributed by atoms with E-state index >= 15 is 0 Å². The van der Waals surface area contributed by atoms with E-state index in [1.54, 1.807) is 0 Å². The molecule has 0 amide bonds. The molecule has 1 spiro atoms. The first-order valence-corrected chi connectivity index (χ1v) is 7.75. The number of nitrogens with one attached hydrogen (secondary N) is 1. The molecule has 3 nitrogen and oxygen atoms in total. The van der Waals surface area contributed by atoms with Crippen molar-refractivity contribution in [3.05, 3.63) is 0 Å². The fourth-order valence-corrected chi connectivity index (χ4v) is 3.56. The summed E-state index contributed by atoms with van der Waals surface area (Å²) in [5, 5.41) is 3.53. The molecule has 104 valence electrons. The number of nitrogens with zero attached hydrogens (tertiary/aromatic N) is 2. The van der Waals surface area contributed by atoms with Crippen molar-refractivity contribution >= 4 is 5.96 Å². The fraction of sp³-hybridized carbons (Fsp3) is 0.933. The second-order valence-electron chi connectivity index (χ2n) is 6.06. The van der Waals surface area contributed by atoms with E-state index in [1.807, 2.05) is 7.05 Å². The largest absolute Gasteiger partial charge is 0.356 e. The van der Waals surface area contributed by atoms with Crippen molar-refractivity contribution in [1.82, 2.24) is 10.2 Å². The van der Waals surface area contributed by atoms with E-state index in [4.69, 9.17) is 0 Å². The van der Waals surface area contributed by atoms with Gasteiger partial charge in [0.25, 0.3) is 0 Å². The summed E-state index contributed by atoms with van der Waals surface area (Å²) in [4.78, 5) is 6.94. The van der Waals surface area contributed by atoms with Crippen LogP contribution in [0.15, 0.2) is 4.99 Å². The van der Waals surface area contributed by atoms with Gasteiger partial charge in [0.15, 0.2) is 5.96 Å². The summed E-state index contributed by atoms with van der Waals surface area (Å²) in [6, 6.07) is 0. The first-order valence-electron chi connectivity index (χ1n) is 7.75. The Bertz CT molecular complexity index is 279. The number of unbranched alkanes of at least 4 members (excludes halogenated alkanes) is 2. The zero-order valence-corrected chi connectivity index (χ0v) is 12.2. The second-order valence-corrected chi connectivity index (χ2v) is 6.06. The average molecular weight is 251 g/mol. The van der Waals surface area contributed by atoms with Crippen molar-refractivity contribution in [2.24, 2.45) is 10.4 Å². The van der Waals surface area contributed by atoms with Crippen molar-refractivity contribution < 1.29 is 0 Å². The van der Waals surface area contributed by atoms with Crippen LogP contribution < -0.4 is 5.32 Å². The Morgan fingerprint density at radius 3 is 2.67 bits per heavy atom. The van der Waals surface area contributed by atoms with Gasteiger partial charge in [-0.1, -0.05) is 32.6 Å². The van der Waals surface area contributed by atoms with Gasteiger partial charge in [0.2, 0.25) is 0 Å². The van der Waals surface area contributed by atoms with E-state index in [9.17, 15) is 0 Å². The lowest BCUT2D eigenvalue weighted by molar-refractivity contribution is 0.309. The topological polar surface area (TPSA) is 27.6 Å². The Balaban J connectivity index is 1.79. The van der Waals surface area contributed by atoms with E-state index < -0.39 is 0 Å². The summed E-state index contributed by atoms with van der Waals surface area (Å²) in [6.07, 6.45) is 11.0. The molecule has 1 heterocycles. The molecule has 1 aliphatic carbocycles. The average Bonchev–Trinajstić information content (AvgIpc) is 3.01. The molecule has 0 bridgehead atoms. The predicted molar refractivity (Wildman–Crippen MR) is 78.0 cm³/mol. The van der Waals surface area contributed by atoms with Crippen LogP contribution in [0.5, 0.6) is 0 Å². The molecule has 0 atom stereocenters. The van der Waals surface area contributed by atoms with Crippen molar-refractivity contribution in [3.63, 3.8) is 0 Å². The predicted octanol–water partition coefficient (Wildman–Crippen LogP) is 3.02. The monoisotopic (exact) mass is 251 g/mol. The second kappa shape index (κ2) is 6.44. The van der Waals surface area contributed by atoms with Crippen LogP contribution in [0.25, 0.3) is 0 Å². The minimum Gasteiger partial charge on any atom is -0.356 e. The Kier molecular flexibility index (Phi) is 4.90. The Labute approximate surface area is 112 Å². The van der Waals surface area contributed by atoms with Crippen LogP contribution in [0.4, 0.5) is 0 Å². The molecular weight excluding hydrogens is 222 g/mol. The number of guanidine groups is 1. The van der Waals surface area contributed by atoms with Crippen LogP contribution in [0.1, 0.15) is 58.3 Å². The van der Waals surface area contributed by atoms with Crippen molar-refractivity contribution in [1.29, 1.82) is 0 Å². The molecule has 1 aliphatic heterocycles. The lowest BCUT2D eigenvalue weighted by Gasteiger charge is -2.25. The van der Waals surface area contributed by atoms with E-state index in [0.717, 1.165) is 12.5 Å². The third-order valence-corrected chi connectivity index (χ3v) is 4.68. The smallest absolute Gasteiger partial charge is 0.193 e. The Morgan fingerprint density at radius 1 is 1.22 bits per heavy atom. The molecule has 0 unspecified atom stereocenters. The summed E-state index contributed by atoms with van der Waals surface area (Å²) < 4.78 is 0. The van der Waals surface area contributed by atoms with E-state index in [2.05, 4.69) is 22.1 Å². The SMILES string of the molecule is CCCCCNC(=NC)N1CCC2(CCCC2)C1. The van der Waals surface area contributed by atoms with Gasteiger partial charge >= 0.3 is 0 Å². The highest BCUT2D eigenvalue weighted by molar-refractivity contribution is 5.80. The van der Waals surface area contributed by atoms with Gasteiger partial charge in [0, 0.05) is 26.7 Å². The number of aliphatic imine (C=N–C) groups is 1. The molecule has 1 N–H and O–H groups in total. The van der Waals surface area contributed by atoms with E-state index in [1.165, 1.54) is 64.5 Å². The third kappa shape index (κ3) is 3.18. The maximum Gasteiger partial charge on any atom is 0.193 e. The van der Waals surface area contributed by atoms with Crippen LogP contribution in [-0.4, -0.2) is 37.5 Å². The highest BCUT2D eigenvalue weighted by Crippen LogP contribution is 2.45. The standard InChI is InChI=1S/C15H29N3/c1-3-4-7-11-17-14(16-2)18-12-10-15(13-18)8-5-6-9-15/h3-13H2,1-2H3,(H,16,17). The molecule has 1 saturated heterocycles. The molecule has 2 fully saturated rings. The summed E-state index contributed by atoms with van der Waals surface area (Å²) >= 11 is 0. The lowest BCUT2D eigenvalue weighted by atomic mass is 9.86. The van der Waals surface area contributed by atoms with Crippen LogP contribution in [0, 0.1) is 5.41 Å². The van der Waals surface area contributed by atoms with Crippen molar-refractivity contribution in [2.45, 2.75) is 58.3 Å². The summed E-state index contributed by atoms with van der Waals surface area (Å²) in [5.41, 5.74) is 0.640. The maximum atomic E-state index is 4.45. The summed E-state index contributed by atoms with van der Waals surface area (Å²) in [5.74, 6) is 1.13. The highest BCUT2D eigenvalue weighted by Gasteiger charge is 2.40. The first-order chi connectivity index (χ1) is 8.79. The molecule has 2 rings (SSSR count). The highest BCUT2D eigenvalue weighted by atomic mass is 15.3. The third-order valence-electron chi connectivity index (χ3n) is 4.68. The molecule has 0 aromatic heterocycles. The molecule has 1 saturated carbocycles. The minimum atomic E-state index is 0.640. The van der Waals surface area contributed by atoms with Gasteiger partial charge in [-0.05, 0) is 31.1 Å². The Hall–Kier alpha value is -0.730. The van der Waals surface area contributed by atoms with Crippen molar-refractivity contribution in [3.8, 4) is 0 Å². The van der Waals surface area contributed by atoms with E-state index in [-0.39, 0.29) is 0 Å². The summed E-state index contributed by atoms with van der Waals surface area (Å²) in [7, 11) is 1.92. The zero-order valence-electron chi connectivity index (χ0n) is 12.2. The van der Waals surface area contributed by atoms with Crippen LogP contribution in [0.3, 0.4) is 0 Å². The molecular formula is C15H29N3. The normalized spacial score (nSPS) is 23.0. The minimum absolute atomic E-state index is 0.640. The number of hydrogen-bond donors (Lipinski definition) is 1. The molecule has 0 radical (unpaired) electrons. The number of rotatable bonds is 4. The van der Waals surface area contributed by atoms with Gasteiger partial charge in [-0.25, -0.2) is 0 Å². The molecule has 3 heteroatoms. The quantitative estimate of drug-likeness (QED) is 0.472. The Morgan fingerprint density at radius 2 is 2.00 bits per heavy atom. The lowest BCUT2D eigenvalue weighted by Crippen LogP contribution is -2.41. The van der Waals surface area contributed by atoms with Gasteiger partial charge < -0.3 is 10.2 Å². The van der Waals surface area contributed by atoms with Crippen LogP contribution >= 0.6 is 0 Å². The molecule has 0 aromatic carbocycles. The van der Waals surface area contributed by atoms with Crippen LogP contribution in [0.2, 0.25) is 0 Å². The van der Waals surface area contributed by atoms with Gasteiger partial charge in [-0.15, -0.1) is 0 Å². The maximum absolute atomic E-state index is 4.45. The van der Waals surface area contributed by atoms with Crippen molar-refractivity contribution in [2.75, 3.05) is 26.7 Å². The van der Waals surface area contributed by atoms with E-state index in [0.29, 0.717) is 5.41 Å². The number of likely N-dealkylation sites (tertiary alicyclic amines) is 1.